The minimum atomic E-state index is -0.460. The second-order valence-electron chi connectivity index (χ2n) is 4.93. The molecule has 5 heteroatoms. The van der Waals surface area contributed by atoms with Crippen molar-refractivity contribution in [2.45, 2.75) is 46.6 Å². The van der Waals surface area contributed by atoms with Gasteiger partial charge >= 0.3 is 6.09 Å². The van der Waals surface area contributed by atoms with E-state index in [-0.39, 0.29) is 6.09 Å². The number of ether oxygens (including phenoxy) is 1. The number of rotatable bonds is 7. The van der Waals surface area contributed by atoms with Crippen LogP contribution in [0.2, 0.25) is 0 Å². The predicted octanol–water partition coefficient (Wildman–Crippen LogP) is 3.40. The Kier molecular flexibility index (Phi) is 7.91. The lowest BCUT2D eigenvalue weighted by Crippen LogP contribution is -2.42. The molecule has 0 aromatic heterocycles. The standard InChI is InChI=1S/C13H26N2O2S/c1-7-9-15(10-14-11(3)18-8-2)12(16)17-13(4,5)6/h14H,3,7-10H2,1-2,4-6H3. The fraction of sp³-hybridized carbons (Fsp3) is 0.769. The van der Waals surface area contributed by atoms with Gasteiger partial charge < -0.3 is 10.1 Å². The number of thioether (sulfide) groups is 1. The molecule has 0 aliphatic carbocycles. The van der Waals surface area contributed by atoms with E-state index in [0.29, 0.717) is 13.2 Å². The van der Waals surface area contributed by atoms with Gasteiger partial charge in [0, 0.05) is 6.54 Å². The Labute approximate surface area is 115 Å². The van der Waals surface area contributed by atoms with E-state index >= 15 is 0 Å². The van der Waals surface area contributed by atoms with Gasteiger partial charge in [-0.2, -0.15) is 0 Å². The van der Waals surface area contributed by atoms with Crippen LogP contribution in [-0.2, 0) is 4.74 Å². The summed E-state index contributed by atoms with van der Waals surface area (Å²) in [5.74, 6) is 0.964. The van der Waals surface area contributed by atoms with Crippen molar-refractivity contribution in [1.29, 1.82) is 0 Å². The lowest BCUT2D eigenvalue weighted by atomic mass is 10.2. The summed E-state index contributed by atoms with van der Waals surface area (Å²) in [5.41, 5.74) is -0.460. The van der Waals surface area contributed by atoms with Crippen LogP contribution < -0.4 is 5.32 Å². The van der Waals surface area contributed by atoms with Crippen molar-refractivity contribution in [2.24, 2.45) is 0 Å². The summed E-state index contributed by atoms with van der Waals surface area (Å²) < 4.78 is 5.36. The zero-order valence-corrected chi connectivity index (χ0v) is 13.0. The summed E-state index contributed by atoms with van der Waals surface area (Å²) in [6.45, 7) is 14.7. The summed E-state index contributed by atoms with van der Waals surface area (Å²) in [5, 5.41) is 4.01. The summed E-state index contributed by atoms with van der Waals surface area (Å²) >= 11 is 1.63. The maximum Gasteiger partial charge on any atom is 0.411 e. The van der Waals surface area contributed by atoms with Crippen LogP contribution in [0.25, 0.3) is 0 Å². The molecular formula is C13H26N2O2S. The van der Waals surface area contributed by atoms with Crippen molar-refractivity contribution in [3.05, 3.63) is 11.6 Å². The Balaban J connectivity index is 4.29. The Morgan fingerprint density at radius 3 is 2.44 bits per heavy atom. The zero-order chi connectivity index (χ0) is 14.2. The summed E-state index contributed by atoms with van der Waals surface area (Å²) in [6.07, 6.45) is 0.611. The molecule has 0 heterocycles. The van der Waals surface area contributed by atoms with Gasteiger partial charge in [-0.1, -0.05) is 20.4 Å². The third kappa shape index (κ3) is 8.28. The Hall–Kier alpha value is -0.840. The second kappa shape index (κ2) is 8.29. The Morgan fingerprint density at radius 2 is 2.00 bits per heavy atom. The van der Waals surface area contributed by atoms with Gasteiger partial charge in [0.2, 0.25) is 0 Å². The van der Waals surface area contributed by atoms with Gasteiger partial charge in [0.1, 0.15) is 5.60 Å². The van der Waals surface area contributed by atoms with Crippen LogP contribution in [0.1, 0.15) is 41.0 Å². The van der Waals surface area contributed by atoms with Gasteiger partial charge in [-0.15, -0.1) is 11.8 Å². The molecular weight excluding hydrogens is 248 g/mol. The van der Waals surface area contributed by atoms with E-state index in [4.69, 9.17) is 4.74 Å². The monoisotopic (exact) mass is 274 g/mol. The molecule has 0 unspecified atom stereocenters. The van der Waals surface area contributed by atoms with Gasteiger partial charge in [-0.3, -0.25) is 4.90 Å². The highest BCUT2D eigenvalue weighted by molar-refractivity contribution is 8.02. The van der Waals surface area contributed by atoms with Crippen molar-refractivity contribution in [1.82, 2.24) is 10.2 Å². The number of amides is 1. The second-order valence-corrected chi connectivity index (χ2v) is 6.29. The third-order valence-corrected chi connectivity index (χ3v) is 2.71. The molecule has 0 bridgehead atoms. The quantitative estimate of drug-likeness (QED) is 0.722. The number of carbonyl (C=O) groups is 1. The Bertz CT molecular complexity index is 275. The molecule has 0 aromatic rings. The van der Waals surface area contributed by atoms with Crippen LogP contribution in [0.4, 0.5) is 4.79 Å². The fourth-order valence-corrected chi connectivity index (χ4v) is 1.76. The number of nitrogens with zero attached hydrogens (tertiary/aromatic N) is 1. The van der Waals surface area contributed by atoms with Crippen LogP contribution in [0.15, 0.2) is 11.6 Å². The highest BCUT2D eigenvalue weighted by Crippen LogP contribution is 2.11. The molecule has 4 nitrogen and oxygen atoms in total. The molecule has 0 fully saturated rings. The molecule has 0 aliphatic heterocycles. The van der Waals surface area contributed by atoms with Crippen LogP contribution in [0, 0.1) is 0 Å². The van der Waals surface area contributed by atoms with E-state index in [1.807, 2.05) is 27.7 Å². The van der Waals surface area contributed by atoms with E-state index in [2.05, 4.69) is 18.8 Å². The first kappa shape index (κ1) is 17.2. The molecule has 0 aromatic carbocycles. The maximum absolute atomic E-state index is 11.9. The van der Waals surface area contributed by atoms with Crippen LogP contribution in [-0.4, -0.2) is 35.6 Å². The highest BCUT2D eigenvalue weighted by atomic mass is 32.2. The molecule has 0 spiro atoms. The van der Waals surface area contributed by atoms with Crippen molar-refractivity contribution in [3.8, 4) is 0 Å². The van der Waals surface area contributed by atoms with Crippen molar-refractivity contribution in [2.75, 3.05) is 19.0 Å². The van der Waals surface area contributed by atoms with E-state index in [0.717, 1.165) is 17.2 Å². The Morgan fingerprint density at radius 1 is 1.39 bits per heavy atom. The van der Waals surface area contributed by atoms with Gasteiger partial charge in [-0.25, -0.2) is 4.79 Å². The fourth-order valence-electron chi connectivity index (χ4n) is 1.24. The number of nitrogens with one attached hydrogen (secondary N) is 1. The molecule has 0 radical (unpaired) electrons. The first-order valence-electron chi connectivity index (χ1n) is 6.33. The molecule has 0 atom stereocenters. The molecule has 0 aliphatic rings. The van der Waals surface area contributed by atoms with E-state index < -0.39 is 5.60 Å². The summed E-state index contributed by atoms with van der Waals surface area (Å²) in [7, 11) is 0. The average Bonchev–Trinajstić information content (AvgIpc) is 2.22. The zero-order valence-electron chi connectivity index (χ0n) is 12.2. The van der Waals surface area contributed by atoms with Gasteiger partial charge in [-0.05, 0) is 32.9 Å². The van der Waals surface area contributed by atoms with Crippen LogP contribution in [0.5, 0.6) is 0 Å². The lowest BCUT2D eigenvalue weighted by molar-refractivity contribution is 0.0241. The van der Waals surface area contributed by atoms with Crippen molar-refractivity contribution < 1.29 is 9.53 Å². The maximum atomic E-state index is 11.9. The minimum Gasteiger partial charge on any atom is -0.444 e. The summed E-state index contributed by atoms with van der Waals surface area (Å²) in [6, 6.07) is 0. The number of hydrogen-bond acceptors (Lipinski definition) is 4. The largest absolute Gasteiger partial charge is 0.444 e. The molecule has 1 amide bonds. The van der Waals surface area contributed by atoms with Crippen LogP contribution in [0.3, 0.4) is 0 Å². The minimum absolute atomic E-state index is 0.286. The average molecular weight is 274 g/mol. The van der Waals surface area contributed by atoms with Crippen LogP contribution >= 0.6 is 11.8 Å². The number of hydrogen-bond donors (Lipinski definition) is 1. The molecule has 0 saturated heterocycles. The highest BCUT2D eigenvalue weighted by Gasteiger charge is 2.21. The first-order valence-corrected chi connectivity index (χ1v) is 7.32. The first-order chi connectivity index (χ1) is 8.30. The van der Waals surface area contributed by atoms with Gasteiger partial charge in [0.05, 0.1) is 11.7 Å². The third-order valence-electron chi connectivity index (χ3n) is 1.93. The van der Waals surface area contributed by atoms with Gasteiger partial charge in [0.25, 0.3) is 0 Å². The van der Waals surface area contributed by atoms with E-state index in [1.165, 1.54) is 0 Å². The summed E-state index contributed by atoms with van der Waals surface area (Å²) in [4.78, 5) is 13.6. The lowest BCUT2D eigenvalue weighted by Gasteiger charge is -2.27. The molecule has 0 rings (SSSR count). The van der Waals surface area contributed by atoms with Gasteiger partial charge in [0.15, 0.2) is 0 Å². The normalized spacial score (nSPS) is 10.9. The SMILES string of the molecule is C=C(NCN(CCC)C(=O)OC(C)(C)C)SCC. The molecule has 0 saturated carbocycles. The van der Waals surface area contributed by atoms with E-state index in [9.17, 15) is 4.79 Å². The predicted molar refractivity (Wildman–Crippen MR) is 78.5 cm³/mol. The molecule has 106 valence electrons. The smallest absolute Gasteiger partial charge is 0.411 e. The van der Waals surface area contributed by atoms with Crippen molar-refractivity contribution in [3.63, 3.8) is 0 Å². The topological polar surface area (TPSA) is 41.6 Å². The van der Waals surface area contributed by atoms with Crippen molar-refractivity contribution >= 4 is 17.9 Å². The number of carbonyl (C=O) groups excluding carboxylic acids is 1. The molecule has 18 heavy (non-hydrogen) atoms. The van der Waals surface area contributed by atoms with E-state index in [1.54, 1.807) is 16.7 Å². The molecule has 1 N–H and O–H groups in total.